The minimum absolute atomic E-state index is 0.0481. The first-order valence-electron chi connectivity index (χ1n) is 21.3. The molecule has 3 saturated heterocycles. The molecule has 1 aliphatic carbocycles. The smallest absolute Gasteiger partial charge is 0.319 e. The zero-order valence-corrected chi connectivity index (χ0v) is 34.7. The predicted molar refractivity (Wildman–Crippen MR) is 226 cm³/mol. The van der Waals surface area contributed by atoms with Crippen molar-refractivity contribution in [1.29, 1.82) is 0 Å². The lowest BCUT2D eigenvalue weighted by Gasteiger charge is -2.56. The van der Waals surface area contributed by atoms with Crippen LogP contribution in [0.4, 0.5) is 10.2 Å². The summed E-state index contributed by atoms with van der Waals surface area (Å²) in [6, 6.07) is 12.6. The lowest BCUT2D eigenvalue weighted by molar-refractivity contribution is -0.137. The van der Waals surface area contributed by atoms with E-state index in [0.717, 1.165) is 89.7 Å². The number of halogens is 1. The van der Waals surface area contributed by atoms with Gasteiger partial charge in [0, 0.05) is 66.3 Å². The van der Waals surface area contributed by atoms with Crippen molar-refractivity contribution in [1.82, 2.24) is 45.4 Å². The van der Waals surface area contributed by atoms with Crippen molar-refractivity contribution >= 4 is 33.5 Å². The topological polar surface area (TPSA) is 148 Å². The molecule has 0 bridgehead atoms. The van der Waals surface area contributed by atoms with Crippen LogP contribution in [0, 0.1) is 18.7 Å². The van der Waals surface area contributed by atoms with Crippen molar-refractivity contribution in [3.63, 3.8) is 0 Å². The Morgan fingerprint density at radius 3 is 2.55 bits per heavy atom. The van der Waals surface area contributed by atoms with Gasteiger partial charge < -0.3 is 29.3 Å². The molecule has 2 N–H and O–H groups in total. The Balaban J connectivity index is 1.04. The van der Waals surface area contributed by atoms with E-state index in [2.05, 4.69) is 57.6 Å². The van der Waals surface area contributed by atoms with E-state index in [1.54, 1.807) is 18.0 Å². The van der Waals surface area contributed by atoms with Gasteiger partial charge in [0.15, 0.2) is 5.75 Å². The van der Waals surface area contributed by atoms with Crippen molar-refractivity contribution in [3.8, 4) is 34.1 Å². The number of piperazine rings is 1. The molecule has 6 heterocycles. The molecular weight excluding hydrogens is 764 g/mol. The van der Waals surface area contributed by atoms with E-state index < -0.39 is 6.04 Å². The van der Waals surface area contributed by atoms with Crippen molar-refractivity contribution in [2.45, 2.75) is 90.1 Å². The van der Waals surface area contributed by atoms with Crippen LogP contribution < -0.4 is 19.7 Å². The fourth-order valence-corrected chi connectivity index (χ4v) is 9.28. The lowest BCUT2D eigenvalue weighted by Crippen LogP contribution is -2.78. The average molecular weight is 815 g/mol. The molecule has 312 valence electrons. The van der Waals surface area contributed by atoms with Crippen LogP contribution in [-0.4, -0.2) is 104 Å². The third-order valence-corrected chi connectivity index (χ3v) is 12.9. The summed E-state index contributed by atoms with van der Waals surface area (Å²) in [7, 11) is 1.63. The van der Waals surface area contributed by atoms with Gasteiger partial charge in [0.05, 0.1) is 30.6 Å². The Kier molecular flexibility index (Phi) is 9.90. The Bertz CT molecular complexity index is 2590. The molecule has 1 saturated carbocycles. The van der Waals surface area contributed by atoms with Gasteiger partial charge in [0.25, 0.3) is 0 Å². The maximum absolute atomic E-state index is 15.9. The second-order valence-electron chi connectivity index (χ2n) is 17.2. The zero-order valence-electron chi connectivity index (χ0n) is 34.7. The summed E-state index contributed by atoms with van der Waals surface area (Å²) < 4.78 is 36.0. The number of likely N-dealkylation sites (tertiary alicyclic amines) is 1. The second kappa shape index (κ2) is 15.4. The van der Waals surface area contributed by atoms with Crippen molar-refractivity contribution in [2.24, 2.45) is 5.92 Å². The molecule has 0 spiro atoms. The summed E-state index contributed by atoms with van der Waals surface area (Å²) in [5, 5.41) is 21.5. The largest absolute Gasteiger partial charge is 0.486 e. The first-order valence-corrected chi connectivity index (χ1v) is 21.3. The molecule has 15 heteroatoms. The van der Waals surface area contributed by atoms with E-state index in [9.17, 15) is 4.79 Å². The van der Waals surface area contributed by atoms with E-state index in [1.807, 2.05) is 42.3 Å². The Morgan fingerprint density at radius 2 is 1.87 bits per heavy atom. The van der Waals surface area contributed by atoms with E-state index in [1.165, 1.54) is 6.07 Å². The van der Waals surface area contributed by atoms with Crippen LogP contribution in [-0.2, 0) is 16.1 Å². The van der Waals surface area contributed by atoms with Gasteiger partial charge in [-0.2, -0.15) is 15.1 Å². The van der Waals surface area contributed by atoms with Crippen molar-refractivity contribution in [2.75, 3.05) is 44.9 Å². The van der Waals surface area contributed by atoms with Gasteiger partial charge in [-0.15, -0.1) is 5.10 Å². The number of rotatable bonds is 14. The van der Waals surface area contributed by atoms with Gasteiger partial charge in [-0.05, 0) is 80.2 Å². The number of hydrogen-bond donors (Lipinski definition) is 2. The van der Waals surface area contributed by atoms with E-state index >= 15 is 4.39 Å². The standard InChI is InChI=1S/C45H51FN10O4/c1-24(2)41(44(57)54-14-6-7-25(54)3)56-22-35(52-53-56)29-10-8-27(9-11-29)23-60-42-39(38-26(4)33(46)18-34-32(38)19-48-51-34)30(28-12-13-28)17-31-40(42)49-45(59-16-15-58-5)50-43(31)55-21-36-37(55)20-47-36/h8-11,17-19,22,24-25,28,36-37,41,47H,6-7,12-16,20-21,23H2,1-5H3,(H,48,51). The maximum Gasteiger partial charge on any atom is 0.319 e. The lowest BCUT2D eigenvalue weighted by atomic mass is 9.86. The molecule has 3 aromatic carbocycles. The normalized spacial score (nSPS) is 20.4. The number of fused-ring (bicyclic) bond motifs is 3. The number of aromatic amines is 1. The monoisotopic (exact) mass is 814 g/mol. The van der Waals surface area contributed by atoms with Crippen molar-refractivity contribution < 1.29 is 23.4 Å². The number of ether oxygens (including phenoxy) is 3. The summed E-state index contributed by atoms with van der Waals surface area (Å²) in [4.78, 5) is 28.1. The quantitative estimate of drug-likeness (QED) is 0.113. The van der Waals surface area contributed by atoms with Crippen LogP contribution in [0.25, 0.3) is 44.2 Å². The number of hydrogen-bond acceptors (Lipinski definition) is 11. The van der Waals surface area contributed by atoms with Crippen LogP contribution >= 0.6 is 0 Å². The summed E-state index contributed by atoms with van der Waals surface area (Å²) in [6.07, 6.45) is 7.71. The Labute approximate surface area is 347 Å². The Hall–Kier alpha value is -5.67. The third-order valence-electron chi connectivity index (χ3n) is 12.9. The zero-order chi connectivity index (χ0) is 41.2. The van der Waals surface area contributed by atoms with Gasteiger partial charge in [0.2, 0.25) is 5.91 Å². The molecule has 1 amide bonds. The minimum Gasteiger partial charge on any atom is -0.486 e. The van der Waals surface area contributed by atoms with Gasteiger partial charge in [-0.1, -0.05) is 43.3 Å². The number of amides is 1. The molecule has 60 heavy (non-hydrogen) atoms. The number of carbonyl (C=O) groups excluding carboxylic acids is 1. The molecule has 0 radical (unpaired) electrons. The average Bonchev–Trinajstić information content (AvgIpc) is 3.53. The van der Waals surface area contributed by atoms with Gasteiger partial charge in [-0.3, -0.25) is 9.89 Å². The summed E-state index contributed by atoms with van der Waals surface area (Å²) >= 11 is 0. The molecule has 3 aliphatic heterocycles. The Morgan fingerprint density at radius 1 is 1.03 bits per heavy atom. The number of aromatic nitrogens is 7. The molecule has 4 unspecified atom stereocenters. The fourth-order valence-electron chi connectivity index (χ4n) is 9.28. The van der Waals surface area contributed by atoms with Crippen LogP contribution in [0.3, 0.4) is 0 Å². The molecule has 10 rings (SSSR count). The van der Waals surface area contributed by atoms with Crippen LogP contribution in [0.1, 0.15) is 75.1 Å². The van der Waals surface area contributed by atoms with Crippen LogP contribution in [0.15, 0.2) is 48.8 Å². The summed E-state index contributed by atoms with van der Waals surface area (Å²) in [6.45, 7) is 11.4. The van der Waals surface area contributed by atoms with Gasteiger partial charge >= 0.3 is 6.01 Å². The number of carbonyl (C=O) groups is 1. The van der Waals surface area contributed by atoms with Crippen molar-refractivity contribution in [3.05, 3.63) is 71.3 Å². The minimum atomic E-state index is -0.428. The highest BCUT2D eigenvalue weighted by Gasteiger charge is 2.47. The molecular formula is C45H51FN10O4. The fraction of sp³-hybridized carbons (Fsp3) is 0.467. The number of methoxy groups -OCH3 is 1. The molecule has 14 nitrogen and oxygen atoms in total. The number of benzene rings is 3. The first kappa shape index (κ1) is 38.5. The maximum atomic E-state index is 15.9. The SMILES string of the molecule is COCCOc1nc(N2CC3NCC32)c2cc(C3CC3)c(-c3c(C)c(F)cc4[nH]ncc34)c(OCc3ccc(-c4cn(C(C(=O)N5CCCC5C)C(C)C)nn4)cc3)c2n1. The highest BCUT2D eigenvalue weighted by Crippen LogP contribution is 2.53. The third kappa shape index (κ3) is 6.71. The molecule has 3 aromatic heterocycles. The van der Waals surface area contributed by atoms with Crippen LogP contribution in [0.5, 0.6) is 11.8 Å². The highest BCUT2D eigenvalue weighted by atomic mass is 19.1. The van der Waals surface area contributed by atoms with Gasteiger partial charge in [-0.25, -0.2) is 9.07 Å². The second-order valence-corrected chi connectivity index (χ2v) is 17.2. The molecule has 6 aromatic rings. The number of anilines is 1. The number of nitrogens with zero attached hydrogens (tertiary/aromatic N) is 8. The van der Waals surface area contributed by atoms with Crippen LogP contribution in [0.2, 0.25) is 0 Å². The summed E-state index contributed by atoms with van der Waals surface area (Å²) in [5.74, 6) is 1.46. The number of nitrogens with one attached hydrogen (secondary N) is 2. The molecule has 4 aliphatic rings. The highest BCUT2D eigenvalue weighted by molar-refractivity contribution is 6.06. The summed E-state index contributed by atoms with van der Waals surface area (Å²) in [5.41, 5.74) is 6.86. The van der Waals surface area contributed by atoms with E-state index in [4.69, 9.17) is 24.2 Å². The predicted octanol–water partition coefficient (Wildman–Crippen LogP) is 6.73. The molecule has 4 fully saturated rings. The first-order chi connectivity index (χ1) is 29.2. The number of H-pyrrole nitrogens is 1. The van der Waals surface area contributed by atoms with Gasteiger partial charge in [0.1, 0.15) is 42.1 Å². The van der Waals surface area contributed by atoms with E-state index in [0.29, 0.717) is 46.7 Å². The molecule has 4 atom stereocenters. The van der Waals surface area contributed by atoms with E-state index in [-0.39, 0.29) is 48.8 Å².